The van der Waals surface area contributed by atoms with E-state index in [0.29, 0.717) is 22.4 Å². The zero-order valence-electron chi connectivity index (χ0n) is 10.6. The Balaban J connectivity index is 2.02. The second-order valence-electron chi connectivity index (χ2n) is 4.33. The van der Waals surface area contributed by atoms with Crippen molar-refractivity contribution in [2.24, 2.45) is 7.05 Å². The number of rotatable bonds is 4. The molecular weight excluding hydrogens is 287 g/mol. The Morgan fingerprint density at radius 1 is 1.53 bits per heavy atom. The van der Waals surface area contributed by atoms with Crippen molar-refractivity contribution >= 4 is 29.1 Å². The molecule has 0 aromatic carbocycles. The summed E-state index contributed by atoms with van der Waals surface area (Å²) in [5, 5.41) is 7.69. The molecule has 0 aliphatic heterocycles. The van der Waals surface area contributed by atoms with Gasteiger partial charge in [-0.15, -0.1) is 0 Å². The number of amides is 1. The van der Waals surface area contributed by atoms with Crippen LogP contribution in [0.4, 0.5) is 0 Å². The van der Waals surface area contributed by atoms with Crippen molar-refractivity contribution in [1.82, 2.24) is 19.7 Å². The average molecular weight is 301 g/mol. The van der Waals surface area contributed by atoms with Gasteiger partial charge in [0.1, 0.15) is 10.8 Å². The molecule has 0 radical (unpaired) electrons. The third-order valence-corrected chi connectivity index (χ3v) is 3.59. The highest BCUT2D eigenvalue weighted by molar-refractivity contribution is 6.41. The van der Waals surface area contributed by atoms with E-state index in [1.54, 1.807) is 28.6 Å². The van der Waals surface area contributed by atoms with E-state index in [-0.39, 0.29) is 11.9 Å². The van der Waals surface area contributed by atoms with Crippen LogP contribution in [0.1, 0.15) is 17.4 Å². The molecule has 2 aromatic heterocycles. The predicted octanol–water partition coefficient (Wildman–Crippen LogP) is 2.35. The lowest BCUT2D eigenvalue weighted by atomic mass is 10.3. The summed E-state index contributed by atoms with van der Waals surface area (Å²) < 4.78 is 3.32. The quantitative estimate of drug-likeness (QED) is 0.942. The maximum absolute atomic E-state index is 12.1. The normalized spacial score (nSPS) is 12.4. The van der Waals surface area contributed by atoms with Gasteiger partial charge >= 0.3 is 0 Å². The average Bonchev–Trinajstić information content (AvgIpc) is 2.93. The van der Waals surface area contributed by atoms with Gasteiger partial charge in [0, 0.05) is 25.5 Å². The van der Waals surface area contributed by atoms with Crippen LogP contribution in [0.2, 0.25) is 10.2 Å². The van der Waals surface area contributed by atoms with Gasteiger partial charge in [-0.1, -0.05) is 23.2 Å². The molecule has 0 saturated heterocycles. The van der Waals surface area contributed by atoms with Gasteiger partial charge in [0.15, 0.2) is 0 Å². The molecule has 1 N–H and O–H groups in total. The highest BCUT2D eigenvalue weighted by Gasteiger charge is 2.17. The molecular formula is C12H14Cl2N4O. The van der Waals surface area contributed by atoms with Crippen LogP contribution >= 0.6 is 23.2 Å². The van der Waals surface area contributed by atoms with E-state index in [9.17, 15) is 4.79 Å². The Morgan fingerprint density at radius 3 is 2.79 bits per heavy atom. The molecule has 102 valence electrons. The number of carbonyl (C=O) groups excluding carboxylic acids is 1. The lowest BCUT2D eigenvalue weighted by Crippen LogP contribution is -2.36. The van der Waals surface area contributed by atoms with Crippen molar-refractivity contribution in [3.8, 4) is 0 Å². The van der Waals surface area contributed by atoms with Gasteiger partial charge in [0.25, 0.3) is 5.91 Å². The van der Waals surface area contributed by atoms with E-state index in [4.69, 9.17) is 23.2 Å². The van der Waals surface area contributed by atoms with Crippen LogP contribution in [0.3, 0.4) is 0 Å². The number of aromatic nitrogens is 3. The van der Waals surface area contributed by atoms with Crippen molar-refractivity contribution in [1.29, 1.82) is 0 Å². The number of halogens is 2. The first-order valence-electron chi connectivity index (χ1n) is 5.78. The molecule has 1 unspecified atom stereocenters. The lowest BCUT2D eigenvalue weighted by Gasteiger charge is -2.14. The zero-order valence-corrected chi connectivity index (χ0v) is 12.1. The van der Waals surface area contributed by atoms with Gasteiger partial charge in [-0.05, 0) is 19.1 Å². The summed E-state index contributed by atoms with van der Waals surface area (Å²) in [6.07, 6.45) is 3.55. The summed E-state index contributed by atoms with van der Waals surface area (Å²) in [5.74, 6) is -0.212. The zero-order chi connectivity index (χ0) is 14.0. The maximum Gasteiger partial charge on any atom is 0.268 e. The molecule has 2 rings (SSSR count). The minimum atomic E-state index is -0.212. The monoisotopic (exact) mass is 300 g/mol. The second kappa shape index (κ2) is 5.67. The molecule has 19 heavy (non-hydrogen) atoms. The summed E-state index contributed by atoms with van der Waals surface area (Å²) >= 11 is 11.8. The first kappa shape index (κ1) is 14.0. The third kappa shape index (κ3) is 3.11. The minimum absolute atomic E-state index is 0.0557. The summed E-state index contributed by atoms with van der Waals surface area (Å²) in [6.45, 7) is 2.51. The SMILES string of the molecule is CC(Cn1cccn1)NC(=O)c1cc(Cl)c(Cl)n1C. The molecule has 0 saturated carbocycles. The topological polar surface area (TPSA) is 51.9 Å². The standard InChI is InChI=1S/C12H14Cl2N4O/c1-8(7-18-5-3-4-15-18)16-12(19)10-6-9(13)11(14)17(10)2/h3-6,8H,7H2,1-2H3,(H,16,19). The second-order valence-corrected chi connectivity index (χ2v) is 5.10. The highest BCUT2D eigenvalue weighted by Crippen LogP contribution is 2.25. The van der Waals surface area contributed by atoms with Crippen LogP contribution < -0.4 is 5.32 Å². The van der Waals surface area contributed by atoms with Crippen molar-refractivity contribution in [2.45, 2.75) is 19.5 Å². The molecule has 7 heteroatoms. The van der Waals surface area contributed by atoms with Gasteiger partial charge in [-0.3, -0.25) is 9.48 Å². The van der Waals surface area contributed by atoms with E-state index < -0.39 is 0 Å². The summed E-state index contributed by atoms with van der Waals surface area (Å²) in [5.41, 5.74) is 0.433. The molecule has 2 heterocycles. The minimum Gasteiger partial charge on any atom is -0.346 e. The molecule has 0 fully saturated rings. The first-order valence-corrected chi connectivity index (χ1v) is 6.53. The summed E-state index contributed by atoms with van der Waals surface area (Å²) in [7, 11) is 1.70. The van der Waals surface area contributed by atoms with E-state index in [1.807, 2.05) is 19.2 Å². The third-order valence-electron chi connectivity index (χ3n) is 2.75. The van der Waals surface area contributed by atoms with Gasteiger partial charge in [0.05, 0.1) is 11.6 Å². The molecule has 0 aliphatic carbocycles. The molecule has 0 bridgehead atoms. The number of nitrogens with one attached hydrogen (secondary N) is 1. The predicted molar refractivity (Wildman–Crippen MR) is 74.6 cm³/mol. The van der Waals surface area contributed by atoms with Gasteiger partial charge < -0.3 is 9.88 Å². The van der Waals surface area contributed by atoms with Crippen LogP contribution in [-0.2, 0) is 13.6 Å². The molecule has 1 amide bonds. The van der Waals surface area contributed by atoms with Crippen molar-refractivity contribution in [2.75, 3.05) is 0 Å². The van der Waals surface area contributed by atoms with Gasteiger partial charge in [-0.25, -0.2) is 0 Å². The summed E-state index contributed by atoms with van der Waals surface area (Å²) in [4.78, 5) is 12.1. The van der Waals surface area contributed by atoms with E-state index in [1.165, 1.54) is 0 Å². The fourth-order valence-corrected chi connectivity index (χ4v) is 2.17. The molecule has 5 nitrogen and oxygen atoms in total. The fourth-order valence-electron chi connectivity index (χ4n) is 1.79. The van der Waals surface area contributed by atoms with E-state index in [0.717, 1.165) is 0 Å². The molecule has 0 aliphatic rings. The maximum atomic E-state index is 12.1. The van der Waals surface area contributed by atoms with Crippen LogP contribution in [0, 0.1) is 0 Å². The number of hydrogen-bond acceptors (Lipinski definition) is 2. The Bertz CT molecular complexity index is 577. The van der Waals surface area contributed by atoms with E-state index in [2.05, 4.69) is 10.4 Å². The smallest absolute Gasteiger partial charge is 0.268 e. The van der Waals surface area contributed by atoms with E-state index >= 15 is 0 Å². The Morgan fingerprint density at radius 2 is 2.26 bits per heavy atom. The first-order chi connectivity index (χ1) is 8.99. The number of carbonyl (C=O) groups is 1. The van der Waals surface area contributed by atoms with Crippen LogP contribution in [0.5, 0.6) is 0 Å². The van der Waals surface area contributed by atoms with Crippen LogP contribution in [0.25, 0.3) is 0 Å². The molecule has 2 aromatic rings. The Hall–Kier alpha value is -1.46. The van der Waals surface area contributed by atoms with Crippen molar-refractivity contribution in [3.63, 3.8) is 0 Å². The highest BCUT2D eigenvalue weighted by atomic mass is 35.5. The Kier molecular flexibility index (Phi) is 4.17. The molecule has 0 spiro atoms. The molecule has 1 atom stereocenters. The fraction of sp³-hybridized carbons (Fsp3) is 0.333. The van der Waals surface area contributed by atoms with Crippen molar-refractivity contribution in [3.05, 3.63) is 40.4 Å². The van der Waals surface area contributed by atoms with Crippen LogP contribution in [-0.4, -0.2) is 26.3 Å². The van der Waals surface area contributed by atoms with Gasteiger partial charge in [-0.2, -0.15) is 5.10 Å². The largest absolute Gasteiger partial charge is 0.346 e. The Labute approximate surface area is 121 Å². The number of nitrogens with zero attached hydrogens (tertiary/aromatic N) is 3. The van der Waals surface area contributed by atoms with Crippen LogP contribution in [0.15, 0.2) is 24.5 Å². The summed E-state index contributed by atoms with van der Waals surface area (Å²) in [6, 6.07) is 3.34. The van der Waals surface area contributed by atoms with Crippen molar-refractivity contribution < 1.29 is 4.79 Å². The number of hydrogen-bond donors (Lipinski definition) is 1. The van der Waals surface area contributed by atoms with Gasteiger partial charge in [0.2, 0.25) is 0 Å². The lowest BCUT2D eigenvalue weighted by molar-refractivity contribution is 0.0928.